The summed E-state index contributed by atoms with van der Waals surface area (Å²) in [5, 5.41) is 3.04. The summed E-state index contributed by atoms with van der Waals surface area (Å²) in [6, 6.07) is 20.3. The van der Waals surface area contributed by atoms with Gasteiger partial charge >= 0.3 is 0 Å². The zero-order chi connectivity index (χ0) is 22.3. The van der Waals surface area contributed by atoms with Gasteiger partial charge in [-0.25, -0.2) is 4.39 Å². The van der Waals surface area contributed by atoms with E-state index in [2.05, 4.69) is 15.2 Å². The van der Waals surface area contributed by atoms with Crippen molar-refractivity contribution in [1.29, 1.82) is 0 Å². The van der Waals surface area contributed by atoms with Gasteiger partial charge in [-0.2, -0.15) is 0 Å². The summed E-state index contributed by atoms with van der Waals surface area (Å²) >= 11 is 0. The van der Waals surface area contributed by atoms with Crippen LogP contribution in [0.25, 0.3) is 0 Å². The van der Waals surface area contributed by atoms with Crippen molar-refractivity contribution in [2.45, 2.75) is 12.6 Å². The van der Waals surface area contributed by atoms with Gasteiger partial charge in [0.25, 0.3) is 5.91 Å². The van der Waals surface area contributed by atoms with E-state index in [4.69, 9.17) is 0 Å². The number of nitrogens with zero attached hydrogens (tertiary/aromatic N) is 3. The number of nitrogens with one attached hydrogen (secondary N) is 1. The minimum atomic E-state index is -0.623. The van der Waals surface area contributed by atoms with Crippen LogP contribution in [0.15, 0.2) is 79.1 Å². The number of carbonyl (C=O) groups excluding carboxylic acids is 2. The van der Waals surface area contributed by atoms with Crippen molar-refractivity contribution in [1.82, 2.24) is 20.1 Å². The number of halogens is 1. The fourth-order valence-corrected chi connectivity index (χ4v) is 3.95. The maximum Gasteiger partial charge on any atom is 0.257 e. The second-order valence-corrected chi connectivity index (χ2v) is 7.70. The van der Waals surface area contributed by atoms with Crippen molar-refractivity contribution in [3.8, 4) is 0 Å². The molecule has 0 unspecified atom stereocenters. The van der Waals surface area contributed by atoms with Crippen LogP contribution in [0.4, 0.5) is 4.39 Å². The molecule has 1 aliphatic heterocycles. The van der Waals surface area contributed by atoms with Crippen molar-refractivity contribution in [2.24, 2.45) is 0 Å². The van der Waals surface area contributed by atoms with Gasteiger partial charge in [0.1, 0.15) is 6.04 Å². The first-order valence-electron chi connectivity index (χ1n) is 10.6. The molecular formula is C25H25FN4O2. The second kappa shape index (κ2) is 10.2. The summed E-state index contributed by atoms with van der Waals surface area (Å²) in [6.45, 7) is 2.29. The third-order valence-corrected chi connectivity index (χ3v) is 5.64. The Morgan fingerprint density at radius 3 is 2.25 bits per heavy atom. The first-order valence-corrected chi connectivity index (χ1v) is 10.6. The minimum Gasteiger partial charge on any atom is -0.350 e. The SMILES string of the molecule is O=C(NCc1ccccc1)[C@H](c1ccccc1)N1CCN(C(=O)c2ccncc2F)CC1. The summed E-state index contributed by atoms with van der Waals surface area (Å²) < 4.78 is 14.0. The number of aromatic nitrogens is 1. The third-order valence-electron chi connectivity index (χ3n) is 5.64. The van der Waals surface area contributed by atoms with Gasteiger partial charge in [-0.05, 0) is 17.2 Å². The zero-order valence-corrected chi connectivity index (χ0v) is 17.7. The van der Waals surface area contributed by atoms with Crippen LogP contribution in [-0.2, 0) is 11.3 Å². The molecule has 0 saturated carbocycles. The second-order valence-electron chi connectivity index (χ2n) is 7.70. The monoisotopic (exact) mass is 432 g/mol. The van der Waals surface area contributed by atoms with Crippen LogP contribution in [0.3, 0.4) is 0 Å². The maximum absolute atomic E-state index is 14.0. The number of amides is 2. The van der Waals surface area contributed by atoms with E-state index in [0.717, 1.165) is 17.3 Å². The van der Waals surface area contributed by atoms with Gasteiger partial charge in [-0.15, -0.1) is 0 Å². The molecule has 1 N–H and O–H groups in total. The van der Waals surface area contributed by atoms with Crippen molar-refractivity contribution in [3.05, 3.63) is 102 Å². The molecule has 32 heavy (non-hydrogen) atoms. The topological polar surface area (TPSA) is 65.5 Å². The van der Waals surface area contributed by atoms with Crippen LogP contribution in [0.1, 0.15) is 27.5 Å². The van der Waals surface area contributed by atoms with E-state index in [1.54, 1.807) is 4.90 Å². The Bertz CT molecular complexity index is 1050. The lowest BCUT2D eigenvalue weighted by molar-refractivity contribution is -0.127. The average molecular weight is 432 g/mol. The Hall–Kier alpha value is -3.58. The van der Waals surface area contributed by atoms with E-state index < -0.39 is 11.9 Å². The first kappa shape index (κ1) is 21.6. The fourth-order valence-electron chi connectivity index (χ4n) is 3.95. The zero-order valence-electron chi connectivity index (χ0n) is 17.7. The predicted octanol–water partition coefficient (Wildman–Crippen LogP) is 3.04. The molecule has 7 heteroatoms. The average Bonchev–Trinajstić information content (AvgIpc) is 2.84. The molecule has 0 radical (unpaired) electrons. The van der Waals surface area contributed by atoms with E-state index in [-0.39, 0.29) is 17.4 Å². The Balaban J connectivity index is 1.45. The quantitative estimate of drug-likeness (QED) is 0.650. The van der Waals surface area contributed by atoms with Crippen LogP contribution in [0.2, 0.25) is 0 Å². The molecule has 1 aromatic heterocycles. The minimum absolute atomic E-state index is 0.0219. The van der Waals surface area contributed by atoms with Gasteiger partial charge in [0.2, 0.25) is 5.91 Å². The van der Waals surface area contributed by atoms with E-state index in [0.29, 0.717) is 32.7 Å². The summed E-state index contributed by atoms with van der Waals surface area (Å²) in [7, 11) is 0. The van der Waals surface area contributed by atoms with Crippen LogP contribution in [0.5, 0.6) is 0 Å². The number of hydrogen-bond acceptors (Lipinski definition) is 4. The van der Waals surface area contributed by atoms with Crippen molar-refractivity contribution in [2.75, 3.05) is 26.2 Å². The van der Waals surface area contributed by atoms with Gasteiger partial charge in [0.05, 0.1) is 11.8 Å². The van der Waals surface area contributed by atoms with E-state index >= 15 is 0 Å². The molecule has 0 aliphatic carbocycles. The fraction of sp³-hybridized carbons (Fsp3) is 0.240. The number of rotatable bonds is 6. The lowest BCUT2D eigenvalue weighted by Gasteiger charge is -2.38. The van der Waals surface area contributed by atoms with Crippen molar-refractivity contribution in [3.63, 3.8) is 0 Å². The van der Waals surface area contributed by atoms with Crippen molar-refractivity contribution >= 4 is 11.8 Å². The predicted molar refractivity (Wildman–Crippen MR) is 119 cm³/mol. The Labute approximate surface area is 186 Å². The number of hydrogen-bond donors (Lipinski definition) is 1. The largest absolute Gasteiger partial charge is 0.350 e. The highest BCUT2D eigenvalue weighted by molar-refractivity contribution is 5.94. The standard InChI is InChI=1S/C25H25FN4O2/c26-22-18-27-12-11-21(22)25(32)30-15-13-29(14-16-30)23(20-9-5-2-6-10-20)24(31)28-17-19-7-3-1-4-8-19/h1-12,18,23H,13-17H2,(H,28,31)/t23-/m0/s1. The Kier molecular flexibility index (Phi) is 6.87. The molecule has 0 bridgehead atoms. The molecule has 3 aromatic rings. The highest BCUT2D eigenvalue weighted by Crippen LogP contribution is 2.23. The van der Waals surface area contributed by atoms with Crippen LogP contribution >= 0.6 is 0 Å². The molecule has 1 fully saturated rings. The highest BCUT2D eigenvalue weighted by Gasteiger charge is 2.32. The van der Waals surface area contributed by atoms with E-state index in [1.807, 2.05) is 60.7 Å². The lowest BCUT2D eigenvalue weighted by atomic mass is 10.0. The normalized spacial score (nSPS) is 15.2. The Morgan fingerprint density at radius 1 is 0.938 bits per heavy atom. The summed E-state index contributed by atoms with van der Waals surface area (Å²) in [6.07, 6.45) is 2.46. The third kappa shape index (κ3) is 5.00. The summed E-state index contributed by atoms with van der Waals surface area (Å²) in [4.78, 5) is 33.3. The van der Waals surface area contributed by atoms with Crippen molar-refractivity contribution < 1.29 is 14.0 Å². The molecule has 0 spiro atoms. The molecule has 4 rings (SSSR count). The van der Waals surface area contributed by atoms with Gasteiger partial charge < -0.3 is 10.2 Å². The lowest BCUT2D eigenvalue weighted by Crippen LogP contribution is -2.52. The number of pyridine rings is 1. The van der Waals surface area contributed by atoms with Crippen LogP contribution < -0.4 is 5.32 Å². The number of carbonyl (C=O) groups is 2. The van der Waals surface area contributed by atoms with Gasteiger partial charge in [0.15, 0.2) is 5.82 Å². The molecule has 2 amide bonds. The molecule has 1 atom stereocenters. The Morgan fingerprint density at radius 2 is 1.59 bits per heavy atom. The molecule has 164 valence electrons. The molecule has 2 heterocycles. The molecular weight excluding hydrogens is 407 g/mol. The molecule has 2 aromatic carbocycles. The molecule has 1 aliphatic rings. The summed E-state index contributed by atoms with van der Waals surface area (Å²) in [5.74, 6) is -1.06. The van der Waals surface area contributed by atoms with Gasteiger partial charge in [-0.1, -0.05) is 60.7 Å². The number of benzene rings is 2. The first-order chi connectivity index (χ1) is 15.6. The smallest absolute Gasteiger partial charge is 0.257 e. The van der Waals surface area contributed by atoms with E-state index in [9.17, 15) is 14.0 Å². The molecule has 1 saturated heterocycles. The van der Waals surface area contributed by atoms with Crippen LogP contribution in [0, 0.1) is 5.82 Å². The number of piperazine rings is 1. The van der Waals surface area contributed by atoms with E-state index in [1.165, 1.54) is 12.3 Å². The van der Waals surface area contributed by atoms with Crippen LogP contribution in [-0.4, -0.2) is 52.8 Å². The maximum atomic E-state index is 14.0. The summed E-state index contributed by atoms with van der Waals surface area (Å²) in [5.41, 5.74) is 1.95. The highest BCUT2D eigenvalue weighted by atomic mass is 19.1. The van der Waals surface area contributed by atoms with Gasteiger partial charge in [-0.3, -0.25) is 19.5 Å². The molecule has 6 nitrogen and oxygen atoms in total. The van der Waals surface area contributed by atoms with Gasteiger partial charge in [0, 0.05) is 38.9 Å².